The highest BCUT2D eigenvalue weighted by atomic mass is 16.4. The number of nitrogens with two attached hydrogens (primary N) is 7. The van der Waals surface area contributed by atoms with E-state index in [0.717, 1.165) is 6.92 Å². The molecule has 9 amide bonds. The molecule has 0 bridgehead atoms. The number of carbonyl (C=O) groups is 10. The molecule has 0 unspecified atom stereocenters. The van der Waals surface area contributed by atoms with Gasteiger partial charge in [-0.25, -0.2) is 4.79 Å². The predicted octanol–water partition coefficient (Wildman–Crippen LogP) is -7.32. The van der Waals surface area contributed by atoms with Crippen molar-refractivity contribution in [2.75, 3.05) is 39.3 Å². The molecule has 0 spiro atoms. The van der Waals surface area contributed by atoms with Gasteiger partial charge in [-0.2, -0.15) is 0 Å². The molecule has 29 heteroatoms. The van der Waals surface area contributed by atoms with Crippen LogP contribution in [0.2, 0.25) is 0 Å². The van der Waals surface area contributed by atoms with E-state index in [1.165, 1.54) is 6.92 Å². The molecule has 0 aliphatic heterocycles. The van der Waals surface area contributed by atoms with E-state index in [9.17, 15) is 63.3 Å². The van der Waals surface area contributed by atoms with Gasteiger partial charge in [-0.05, 0) is 122 Å². The minimum atomic E-state index is -1.71. The number of aliphatic hydroxyl groups is 2. The Kier molecular flexibility index (Phi) is 33.3. The van der Waals surface area contributed by atoms with Crippen LogP contribution < -0.4 is 88.0 Å². The van der Waals surface area contributed by atoms with Crippen LogP contribution in [0.1, 0.15) is 91.0 Å². The van der Waals surface area contributed by atoms with E-state index in [1.54, 1.807) is 44.2 Å². The van der Waals surface area contributed by atoms with Crippen LogP contribution in [-0.2, 0) is 54.4 Å². The first kappa shape index (κ1) is 69.6. The fourth-order valence-corrected chi connectivity index (χ4v) is 7.78. The standard InChI is InChI=1S/C49H88N16O13/c1-26(2)24-36(46(74)60-33(15-21-53)43(71)59-35(17-23-55)45(73)65-39(28(4)67)49(77)78)62-47(75)37(25-29-10-6-5-7-11-29)63-44(72)34(16-22-54)58-42(70)32(14-20-52)57-41(69)31(12-8-9-18-50)61-48(76)38(27(3)66)64-40(68)30(56)13-19-51/h5-7,10-11,26-28,30-39,66-67H,8-9,12-25,50-56H2,1-4H3,(H,57,69)(H,58,70)(H,59,71)(H,60,74)(H,61,76)(H,62,75)(H,63,72)(H,64,68)(H,65,73)(H,77,78)/t27-,28-,30+,31+,32+,33+,34+,35+,36+,37-,38+,39+/m1/s1. The van der Waals surface area contributed by atoms with Crippen molar-refractivity contribution in [3.05, 3.63) is 35.9 Å². The summed E-state index contributed by atoms with van der Waals surface area (Å²) in [4.78, 5) is 135. The highest BCUT2D eigenvalue weighted by molar-refractivity contribution is 5.98. The van der Waals surface area contributed by atoms with Crippen LogP contribution in [0.15, 0.2) is 30.3 Å². The van der Waals surface area contributed by atoms with Gasteiger partial charge in [0, 0.05) is 6.42 Å². The molecule has 0 aliphatic rings. The van der Waals surface area contributed by atoms with E-state index >= 15 is 0 Å². The number of rotatable bonds is 39. The molecule has 0 saturated carbocycles. The number of unbranched alkanes of at least 4 members (excludes halogenated alkanes) is 1. The Morgan fingerprint density at radius 1 is 0.410 bits per heavy atom. The average molecular weight is 1110 g/mol. The van der Waals surface area contributed by atoms with Crippen LogP contribution in [0.25, 0.3) is 0 Å². The third-order valence-electron chi connectivity index (χ3n) is 12.1. The van der Waals surface area contributed by atoms with Crippen molar-refractivity contribution in [3.63, 3.8) is 0 Å². The van der Waals surface area contributed by atoms with E-state index in [1.807, 2.05) is 0 Å². The first-order valence-corrected chi connectivity index (χ1v) is 26.2. The maximum Gasteiger partial charge on any atom is 0.328 e. The topological polar surface area (TPSA) is 522 Å². The molecular weight excluding hydrogens is 1020 g/mol. The lowest BCUT2D eigenvalue weighted by molar-refractivity contribution is -0.145. The molecule has 12 atom stereocenters. The summed E-state index contributed by atoms with van der Waals surface area (Å²) in [5.41, 5.74) is 40.9. The van der Waals surface area contributed by atoms with Crippen molar-refractivity contribution in [2.45, 2.75) is 165 Å². The zero-order valence-corrected chi connectivity index (χ0v) is 45.2. The molecule has 1 aromatic rings. The molecule has 442 valence electrons. The van der Waals surface area contributed by atoms with Crippen molar-refractivity contribution < 1.29 is 63.3 Å². The Hall–Kier alpha value is -6.44. The zero-order chi connectivity index (χ0) is 59.1. The van der Waals surface area contributed by atoms with E-state index in [2.05, 4.69) is 47.9 Å². The number of carboxylic acid groups (broad SMARTS) is 1. The molecule has 29 nitrogen and oxygen atoms in total. The van der Waals surface area contributed by atoms with Gasteiger partial charge in [-0.3, -0.25) is 43.2 Å². The Balaban J connectivity index is 3.49. The predicted molar refractivity (Wildman–Crippen MR) is 287 cm³/mol. The highest BCUT2D eigenvalue weighted by Gasteiger charge is 2.36. The first-order chi connectivity index (χ1) is 36.9. The maximum absolute atomic E-state index is 14.4. The number of carboxylic acids is 1. The summed E-state index contributed by atoms with van der Waals surface area (Å²) in [5.74, 6) is -9.61. The second kappa shape index (κ2) is 37.4. The average Bonchev–Trinajstić information content (AvgIpc) is 3.37. The minimum absolute atomic E-state index is 0.0190. The van der Waals surface area contributed by atoms with Crippen LogP contribution in [0.4, 0.5) is 0 Å². The summed E-state index contributed by atoms with van der Waals surface area (Å²) in [7, 11) is 0. The van der Waals surface area contributed by atoms with Gasteiger partial charge in [0.15, 0.2) is 6.04 Å². The highest BCUT2D eigenvalue weighted by Crippen LogP contribution is 2.11. The second-order valence-corrected chi connectivity index (χ2v) is 19.3. The molecule has 0 saturated heterocycles. The fraction of sp³-hybridized carbons (Fsp3) is 0.673. The number of aliphatic carboxylic acids is 1. The van der Waals surface area contributed by atoms with Gasteiger partial charge in [-0.15, -0.1) is 0 Å². The zero-order valence-electron chi connectivity index (χ0n) is 45.2. The van der Waals surface area contributed by atoms with Crippen molar-refractivity contribution in [3.8, 4) is 0 Å². The van der Waals surface area contributed by atoms with Crippen LogP contribution in [0.5, 0.6) is 0 Å². The summed E-state index contributed by atoms with van der Waals surface area (Å²) in [6.45, 7) is 5.73. The Morgan fingerprint density at radius 3 is 1.14 bits per heavy atom. The van der Waals surface area contributed by atoms with Gasteiger partial charge in [-0.1, -0.05) is 44.2 Å². The van der Waals surface area contributed by atoms with Gasteiger partial charge in [0.2, 0.25) is 53.2 Å². The van der Waals surface area contributed by atoms with Crippen molar-refractivity contribution in [1.82, 2.24) is 47.9 Å². The number of benzene rings is 1. The van der Waals surface area contributed by atoms with Gasteiger partial charge in [0.05, 0.1) is 18.2 Å². The summed E-state index contributed by atoms with van der Waals surface area (Å²) in [5, 5.41) is 52.3. The summed E-state index contributed by atoms with van der Waals surface area (Å²) in [6, 6.07) is -5.44. The minimum Gasteiger partial charge on any atom is -0.480 e. The molecule has 0 radical (unpaired) electrons. The van der Waals surface area contributed by atoms with Crippen molar-refractivity contribution in [1.29, 1.82) is 0 Å². The lowest BCUT2D eigenvalue weighted by atomic mass is 10.00. The first-order valence-electron chi connectivity index (χ1n) is 26.2. The molecule has 0 aliphatic carbocycles. The smallest absolute Gasteiger partial charge is 0.328 e. The van der Waals surface area contributed by atoms with Gasteiger partial charge < -0.3 is 103 Å². The number of carbonyl (C=O) groups excluding carboxylic acids is 9. The van der Waals surface area contributed by atoms with Gasteiger partial charge in [0.1, 0.15) is 48.3 Å². The quantitative estimate of drug-likeness (QED) is 0.0272. The molecule has 78 heavy (non-hydrogen) atoms. The van der Waals surface area contributed by atoms with Gasteiger partial charge in [0.25, 0.3) is 0 Å². The molecule has 0 heterocycles. The number of amides is 9. The third-order valence-corrected chi connectivity index (χ3v) is 12.1. The number of aliphatic hydroxyl groups excluding tert-OH is 2. The van der Waals surface area contributed by atoms with E-state index < -0.39 is 132 Å². The Morgan fingerprint density at radius 2 is 0.756 bits per heavy atom. The summed E-state index contributed by atoms with van der Waals surface area (Å²) in [6.07, 6.45) is -2.77. The summed E-state index contributed by atoms with van der Waals surface area (Å²) >= 11 is 0. The largest absolute Gasteiger partial charge is 0.480 e. The maximum atomic E-state index is 14.4. The van der Waals surface area contributed by atoms with E-state index in [4.69, 9.17) is 40.1 Å². The second-order valence-electron chi connectivity index (χ2n) is 19.3. The van der Waals surface area contributed by atoms with Crippen molar-refractivity contribution >= 4 is 59.1 Å². The van der Waals surface area contributed by atoms with Crippen LogP contribution in [-0.4, -0.2) is 186 Å². The molecular formula is C49H88N16O13. The van der Waals surface area contributed by atoms with E-state index in [-0.39, 0.29) is 96.6 Å². The third kappa shape index (κ3) is 25.4. The normalized spacial score (nSPS) is 15.9. The van der Waals surface area contributed by atoms with Crippen LogP contribution in [0, 0.1) is 5.92 Å². The lowest BCUT2D eigenvalue weighted by Gasteiger charge is -2.29. The number of hydrogen-bond donors (Lipinski definition) is 19. The Bertz CT molecular complexity index is 2070. The number of hydrogen-bond acceptors (Lipinski definition) is 19. The fourth-order valence-electron chi connectivity index (χ4n) is 7.78. The molecule has 0 aromatic heterocycles. The molecule has 0 fully saturated rings. The van der Waals surface area contributed by atoms with E-state index in [0.29, 0.717) is 18.4 Å². The van der Waals surface area contributed by atoms with Crippen LogP contribution >= 0.6 is 0 Å². The monoisotopic (exact) mass is 1110 g/mol. The lowest BCUT2D eigenvalue weighted by Crippen LogP contribution is -2.61. The summed E-state index contributed by atoms with van der Waals surface area (Å²) < 4.78 is 0. The Labute approximate surface area is 454 Å². The van der Waals surface area contributed by atoms with Crippen molar-refractivity contribution in [2.24, 2.45) is 46.1 Å². The van der Waals surface area contributed by atoms with Crippen LogP contribution in [0.3, 0.4) is 0 Å². The molecule has 1 aromatic carbocycles. The van der Waals surface area contributed by atoms with Gasteiger partial charge >= 0.3 is 5.97 Å². The molecule has 26 N–H and O–H groups in total. The molecule has 1 rings (SSSR count). The number of nitrogens with one attached hydrogen (secondary N) is 9. The SMILES string of the molecule is CC(C)C[C@H](NC(=O)[C@@H](Cc1ccccc1)NC(=O)[C@H](CCN)NC(=O)[C@H](CCN)NC(=O)[C@H](CCCCN)NC(=O)[C@@H](NC(=O)[C@@H](N)CCN)[C@@H](C)O)C(=O)N[C@@H](CCN)C(=O)N[C@@H](CCN)C(=O)N[C@H](C(=O)O)[C@@H](C)O.